The summed E-state index contributed by atoms with van der Waals surface area (Å²) in [4.78, 5) is 2.56. The van der Waals surface area contributed by atoms with Crippen LogP contribution in [0.15, 0.2) is 11.6 Å². The molecule has 0 unspecified atom stereocenters. The normalized spacial score (nSPS) is 16.9. The molecule has 3 heteroatoms. The van der Waals surface area contributed by atoms with E-state index < -0.39 is 0 Å². The van der Waals surface area contributed by atoms with Crippen molar-refractivity contribution in [3.63, 3.8) is 0 Å². The Hall–Kier alpha value is -0.380. The van der Waals surface area contributed by atoms with Crippen LogP contribution in [0.25, 0.3) is 0 Å². The van der Waals surface area contributed by atoms with E-state index in [9.17, 15) is 0 Å². The molecule has 0 spiro atoms. The summed E-state index contributed by atoms with van der Waals surface area (Å²) < 4.78 is 5.18. The molecule has 1 rings (SSSR count). The van der Waals surface area contributed by atoms with Gasteiger partial charge in [-0.1, -0.05) is 32.8 Å². The number of hydrogen-bond donors (Lipinski definition) is 1. The lowest BCUT2D eigenvalue weighted by atomic mass is 10.1. The van der Waals surface area contributed by atoms with Crippen LogP contribution in [0, 0.1) is 0 Å². The number of rotatable bonds is 10. The largest absolute Gasteiger partial charge is 0.380 e. The highest BCUT2D eigenvalue weighted by Crippen LogP contribution is 2.12. The molecule has 1 heterocycles. The number of methoxy groups -OCH3 is 1. The van der Waals surface area contributed by atoms with E-state index in [1.807, 2.05) is 0 Å². The molecule has 0 aromatic rings. The zero-order valence-electron chi connectivity index (χ0n) is 13.1. The summed E-state index contributed by atoms with van der Waals surface area (Å²) in [7, 11) is 1.78. The maximum absolute atomic E-state index is 5.18. The zero-order chi connectivity index (χ0) is 13.9. The van der Waals surface area contributed by atoms with Gasteiger partial charge in [0.25, 0.3) is 0 Å². The number of unbranched alkanes of at least 4 members (excludes halogenated alkanes) is 3. The molecule has 1 N–H and O–H groups in total. The Morgan fingerprint density at radius 2 is 2.05 bits per heavy atom. The first-order chi connectivity index (χ1) is 9.22. The van der Waals surface area contributed by atoms with Crippen LogP contribution < -0.4 is 5.32 Å². The van der Waals surface area contributed by atoms with Crippen LogP contribution in [0.2, 0.25) is 0 Å². The van der Waals surface area contributed by atoms with E-state index in [4.69, 9.17) is 4.74 Å². The van der Waals surface area contributed by atoms with Crippen LogP contribution in [-0.2, 0) is 4.74 Å². The SMILES string of the molecule is COCC1=CCN(CCCCCCNC(C)C)CC1. The Morgan fingerprint density at radius 3 is 2.68 bits per heavy atom. The van der Waals surface area contributed by atoms with Crippen molar-refractivity contribution in [2.45, 2.75) is 52.0 Å². The number of nitrogens with zero attached hydrogens (tertiary/aromatic N) is 1. The van der Waals surface area contributed by atoms with Crippen molar-refractivity contribution >= 4 is 0 Å². The van der Waals surface area contributed by atoms with E-state index in [1.54, 1.807) is 7.11 Å². The highest BCUT2D eigenvalue weighted by Gasteiger charge is 2.10. The number of ether oxygens (including phenoxy) is 1. The van der Waals surface area contributed by atoms with Crippen molar-refractivity contribution in [3.05, 3.63) is 11.6 Å². The summed E-state index contributed by atoms with van der Waals surface area (Å²) >= 11 is 0. The molecule has 0 radical (unpaired) electrons. The second-order valence-corrected chi connectivity index (χ2v) is 5.87. The van der Waals surface area contributed by atoms with Crippen LogP contribution >= 0.6 is 0 Å². The third-order valence-electron chi connectivity index (χ3n) is 3.67. The van der Waals surface area contributed by atoms with Crippen LogP contribution in [0.4, 0.5) is 0 Å². The van der Waals surface area contributed by atoms with Gasteiger partial charge in [0.2, 0.25) is 0 Å². The monoisotopic (exact) mass is 268 g/mol. The lowest BCUT2D eigenvalue weighted by Crippen LogP contribution is -2.30. The van der Waals surface area contributed by atoms with Crippen molar-refractivity contribution in [2.24, 2.45) is 0 Å². The van der Waals surface area contributed by atoms with Gasteiger partial charge in [-0.25, -0.2) is 0 Å². The minimum atomic E-state index is 0.626. The summed E-state index contributed by atoms with van der Waals surface area (Å²) in [6.45, 7) is 10.00. The lowest BCUT2D eigenvalue weighted by Gasteiger charge is -2.26. The standard InChI is InChI=1S/C16H32N2O/c1-15(2)17-10-6-4-5-7-11-18-12-8-16(9-13-18)14-19-3/h8,15,17H,4-7,9-14H2,1-3H3. The van der Waals surface area contributed by atoms with Gasteiger partial charge in [-0.05, 0) is 37.9 Å². The third kappa shape index (κ3) is 8.40. The molecule has 0 saturated heterocycles. The summed E-state index contributed by atoms with van der Waals surface area (Å²) in [5.41, 5.74) is 1.47. The van der Waals surface area contributed by atoms with E-state index in [0.717, 1.165) is 13.2 Å². The summed E-state index contributed by atoms with van der Waals surface area (Å²) in [5, 5.41) is 3.47. The predicted octanol–water partition coefficient (Wildman–Crippen LogP) is 2.82. The van der Waals surface area contributed by atoms with E-state index in [1.165, 1.54) is 57.3 Å². The van der Waals surface area contributed by atoms with Gasteiger partial charge in [0.1, 0.15) is 0 Å². The smallest absolute Gasteiger partial charge is 0.0673 e. The van der Waals surface area contributed by atoms with E-state index in [0.29, 0.717) is 6.04 Å². The van der Waals surface area contributed by atoms with E-state index in [2.05, 4.69) is 30.1 Å². The zero-order valence-corrected chi connectivity index (χ0v) is 13.1. The molecule has 112 valence electrons. The topological polar surface area (TPSA) is 24.5 Å². The quantitative estimate of drug-likeness (QED) is 0.487. The predicted molar refractivity (Wildman–Crippen MR) is 82.6 cm³/mol. The molecule has 0 aromatic carbocycles. The second kappa shape index (κ2) is 10.4. The molecular weight excluding hydrogens is 236 g/mol. The lowest BCUT2D eigenvalue weighted by molar-refractivity contribution is 0.211. The molecule has 19 heavy (non-hydrogen) atoms. The number of hydrogen-bond acceptors (Lipinski definition) is 3. The molecule has 1 aliphatic heterocycles. The summed E-state index contributed by atoms with van der Waals surface area (Å²) in [5.74, 6) is 0. The van der Waals surface area contributed by atoms with Crippen LogP contribution in [0.5, 0.6) is 0 Å². The Balaban J connectivity index is 1.93. The Morgan fingerprint density at radius 1 is 1.26 bits per heavy atom. The van der Waals surface area contributed by atoms with Crippen molar-refractivity contribution in [1.29, 1.82) is 0 Å². The van der Waals surface area contributed by atoms with Crippen molar-refractivity contribution < 1.29 is 4.74 Å². The highest BCUT2D eigenvalue weighted by molar-refractivity contribution is 5.07. The molecule has 0 fully saturated rings. The first-order valence-corrected chi connectivity index (χ1v) is 7.85. The van der Waals surface area contributed by atoms with Gasteiger partial charge in [-0.3, -0.25) is 4.90 Å². The molecular formula is C16H32N2O. The van der Waals surface area contributed by atoms with Gasteiger partial charge in [0.05, 0.1) is 6.61 Å². The van der Waals surface area contributed by atoms with Crippen LogP contribution in [-0.4, -0.2) is 50.8 Å². The molecule has 3 nitrogen and oxygen atoms in total. The van der Waals surface area contributed by atoms with Gasteiger partial charge < -0.3 is 10.1 Å². The van der Waals surface area contributed by atoms with Gasteiger partial charge >= 0.3 is 0 Å². The highest BCUT2D eigenvalue weighted by atomic mass is 16.5. The average molecular weight is 268 g/mol. The number of nitrogens with one attached hydrogen (secondary N) is 1. The molecule has 0 saturated carbocycles. The maximum Gasteiger partial charge on any atom is 0.0673 e. The van der Waals surface area contributed by atoms with Gasteiger partial charge in [-0.2, -0.15) is 0 Å². The van der Waals surface area contributed by atoms with E-state index >= 15 is 0 Å². The molecule has 0 amide bonds. The van der Waals surface area contributed by atoms with Gasteiger partial charge in [0, 0.05) is 26.2 Å². The fourth-order valence-corrected chi connectivity index (χ4v) is 2.48. The molecule has 0 aliphatic carbocycles. The Kier molecular flexibility index (Phi) is 9.14. The van der Waals surface area contributed by atoms with Crippen molar-refractivity contribution in [3.8, 4) is 0 Å². The molecule has 0 atom stereocenters. The Labute approximate surface area is 119 Å². The fourth-order valence-electron chi connectivity index (χ4n) is 2.48. The van der Waals surface area contributed by atoms with Gasteiger partial charge in [0.15, 0.2) is 0 Å². The van der Waals surface area contributed by atoms with Crippen molar-refractivity contribution in [1.82, 2.24) is 10.2 Å². The maximum atomic E-state index is 5.18. The molecule has 0 aromatic heterocycles. The molecule has 0 bridgehead atoms. The second-order valence-electron chi connectivity index (χ2n) is 5.87. The molecule has 1 aliphatic rings. The van der Waals surface area contributed by atoms with Gasteiger partial charge in [-0.15, -0.1) is 0 Å². The average Bonchev–Trinajstić information content (AvgIpc) is 2.39. The van der Waals surface area contributed by atoms with E-state index in [-0.39, 0.29) is 0 Å². The van der Waals surface area contributed by atoms with Crippen LogP contribution in [0.3, 0.4) is 0 Å². The first-order valence-electron chi connectivity index (χ1n) is 7.85. The minimum Gasteiger partial charge on any atom is -0.380 e. The minimum absolute atomic E-state index is 0.626. The van der Waals surface area contributed by atoms with Crippen molar-refractivity contribution in [2.75, 3.05) is 39.9 Å². The summed E-state index contributed by atoms with van der Waals surface area (Å²) in [6, 6.07) is 0.626. The Bertz CT molecular complexity index is 251. The third-order valence-corrected chi connectivity index (χ3v) is 3.67. The fraction of sp³-hybridized carbons (Fsp3) is 0.875. The first kappa shape index (κ1) is 16.7. The summed E-state index contributed by atoms with van der Waals surface area (Å²) in [6.07, 6.45) is 8.92. The van der Waals surface area contributed by atoms with Crippen LogP contribution in [0.1, 0.15) is 46.0 Å².